The van der Waals surface area contributed by atoms with E-state index >= 15 is 0 Å². The number of rotatable bonds is 5. The minimum atomic E-state index is -0.350. The van der Waals surface area contributed by atoms with E-state index in [0.29, 0.717) is 38.6 Å². The monoisotopic (exact) mass is 481 g/mol. The molecule has 9 heteroatoms. The number of aromatic nitrogens is 3. The Labute approximate surface area is 201 Å². The van der Waals surface area contributed by atoms with Crippen molar-refractivity contribution in [1.82, 2.24) is 19.7 Å². The number of pyridine rings is 1. The van der Waals surface area contributed by atoms with Gasteiger partial charge in [-0.25, -0.2) is 9.67 Å². The van der Waals surface area contributed by atoms with Gasteiger partial charge in [-0.15, -0.1) is 11.3 Å². The van der Waals surface area contributed by atoms with Crippen molar-refractivity contribution in [3.63, 3.8) is 0 Å². The van der Waals surface area contributed by atoms with Crippen LogP contribution in [0.1, 0.15) is 45.5 Å². The second kappa shape index (κ2) is 8.96. The summed E-state index contributed by atoms with van der Waals surface area (Å²) in [5.74, 6) is -0.529. The van der Waals surface area contributed by atoms with Crippen molar-refractivity contribution in [2.24, 2.45) is 0 Å². The van der Waals surface area contributed by atoms with E-state index in [2.05, 4.69) is 10.4 Å². The lowest BCUT2D eigenvalue weighted by atomic mass is 10.1. The number of aryl methyl sites for hydroxylation is 1. The lowest BCUT2D eigenvalue weighted by molar-refractivity contribution is 0.0827. The molecule has 1 aromatic carbocycles. The molecule has 0 aliphatic rings. The van der Waals surface area contributed by atoms with Crippen molar-refractivity contribution in [2.45, 2.75) is 26.8 Å². The Morgan fingerprint density at radius 3 is 2.55 bits per heavy atom. The number of anilines is 1. The molecular formula is C24H24ClN5O2S. The van der Waals surface area contributed by atoms with Crippen LogP contribution in [0.25, 0.3) is 21.6 Å². The van der Waals surface area contributed by atoms with Crippen molar-refractivity contribution < 1.29 is 9.59 Å². The highest BCUT2D eigenvalue weighted by molar-refractivity contribution is 7.15. The molecule has 4 aromatic rings. The van der Waals surface area contributed by atoms with E-state index in [9.17, 15) is 9.59 Å². The van der Waals surface area contributed by atoms with Crippen molar-refractivity contribution in [2.75, 3.05) is 19.4 Å². The molecule has 170 valence electrons. The van der Waals surface area contributed by atoms with Gasteiger partial charge in [0.25, 0.3) is 11.8 Å². The van der Waals surface area contributed by atoms with Crippen LogP contribution in [-0.4, -0.2) is 45.6 Å². The average molecular weight is 482 g/mol. The molecule has 3 heterocycles. The first kappa shape index (κ1) is 22.9. The first-order chi connectivity index (χ1) is 15.7. The van der Waals surface area contributed by atoms with Gasteiger partial charge < -0.3 is 10.2 Å². The molecule has 2 amide bonds. The molecule has 0 unspecified atom stereocenters. The van der Waals surface area contributed by atoms with E-state index < -0.39 is 0 Å². The minimum absolute atomic E-state index is 0.0782. The van der Waals surface area contributed by atoms with Crippen LogP contribution in [0.15, 0.2) is 42.6 Å². The third-order valence-corrected chi connectivity index (χ3v) is 6.51. The quantitative estimate of drug-likeness (QED) is 0.399. The Balaban J connectivity index is 1.80. The third-order valence-electron chi connectivity index (χ3n) is 5.16. The number of nitrogens with zero attached hydrogens (tertiary/aromatic N) is 4. The summed E-state index contributed by atoms with van der Waals surface area (Å²) < 4.78 is 1.80. The smallest absolute Gasteiger partial charge is 0.256 e. The predicted molar refractivity (Wildman–Crippen MR) is 133 cm³/mol. The maximum Gasteiger partial charge on any atom is 0.256 e. The number of carbonyl (C=O) groups excluding carboxylic acids is 2. The summed E-state index contributed by atoms with van der Waals surface area (Å²) in [5.41, 5.74) is 2.58. The van der Waals surface area contributed by atoms with Crippen LogP contribution in [-0.2, 0) is 0 Å². The Morgan fingerprint density at radius 2 is 1.91 bits per heavy atom. The number of hydrogen-bond acceptors (Lipinski definition) is 5. The van der Waals surface area contributed by atoms with E-state index in [1.807, 2.05) is 32.9 Å². The van der Waals surface area contributed by atoms with Crippen LogP contribution in [0, 0.1) is 6.92 Å². The first-order valence-electron chi connectivity index (χ1n) is 10.4. The molecule has 33 heavy (non-hydrogen) atoms. The fraction of sp³-hybridized carbons (Fsp3) is 0.250. The van der Waals surface area contributed by atoms with Gasteiger partial charge in [0.2, 0.25) is 0 Å². The predicted octanol–water partition coefficient (Wildman–Crippen LogP) is 5.66. The summed E-state index contributed by atoms with van der Waals surface area (Å²) in [4.78, 5) is 34.2. The summed E-state index contributed by atoms with van der Waals surface area (Å²) >= 11 is 7.95. The fourth-order valence-corrected chi connectivity index (χ4v) is 4.48. The number of nitrogens with one attached hydrogen (secondary N) is 1. The minimum Gasteiger partial charge on any atom is -0.345 e. The van der Waals surface area contributed by atoms with Crippen molar-refractivity contribution >= 4 is 51.5 Å². The molecular weight excluding hydrogens is 458 g/mol. The fourth-order valence-electron chi connectivity index (χ4n) is 3.48. The van der Waals surface area contributed by atoms with Gasteiger partial charge in [-0.1, -0.05) is 11.6 Å². The SMILES string of the molecule is Cc1ccc(-c2cc(C(=O)Nc3cc(C(=O)N(C)C)ccc3Cl)c3cnn(C(C)C)c3n2)s1. The number of hydrogen-bond donors (Lipinski definition) is 1. The number of benzene rings is 1. The van der Waals surface area contributed by atoms with Crippen LogP contribution >= 0.6 is 22.9 Å². The van der Waals surface area contributed by atoms with Gasteiger partial charge in [-0.05, 0) is 57.2 Å². The lowest BCUT2D eigenvalue weighted by Gasteiger charge is -2.14. The van der Waals surface area contributed by atoms with Crippen molar-refractivity contribution in [3.05, 3.63) is 63.6 Å². The molecule has 0 atom stereocenters. The molecule has 0 aliphatic carbocycles. The third kappa shape index (κ3) is 4.49. The number of halogens is 1. The molecule has 7 nitrogen and oxygen atoms in total. The van der Waals surface area contributed by atoms with E-state index in [4.69, 9.17) is 16.6 Å². The van der Waals surface area contributed by atoms with E-state index in [-0.39, 0.29) is 17.9 Å². The van der Waals surface area contributed by atoms with Gasteiger partial charge in [0.15, 0.2) is 5.65 Å². The standard InChI is InChI=1S/C24H24ClN5O2S/c1-13(2)30-22-17(12-26-30)16(11-20(27-22)21-9-6-14(3)33-21)23(31)28-19-10-15(7-8-18(19)25)24(32)29(4)5/h6-13H,1-5H3,(H,28,31). The molecule has 0 spiro atoms. The van der Waals surface area contributed by atoms with E-state index in [1.165, 1.54) is 4.90 Å². The topological polar surface area (TPSA) is 80.1 Å². The lowest BCUT2D eigenvalue weighted by Crippen LogP contribution is -2.22. The van der Waals surface area contributed by atoms with Gasteiger partial charge in [-0.2, -0.15) is 5.10 Å². The Kier molecular flexibility index (Phi) is 6.23. The summed E-state index contributed by atoms with van der Waals surface area (Å²) in [7, 11) is 3.34. The second-order valence-corrected chi connectivity index (χ2v) is 9.93. The van der Waals surface area contributed by atoms with Gasteiger partial charge >= 0.3 is 0 Å². The number of fused-ring (bicyclic) bond motifs is 1. The first-order valence-corrected chi connectivity index (χ1v) is 11.6. The number of carbonyl (C=O) groups is 2. The zero-order chi connectivity index (χ0) is 23.9. The molecule has 0 fully saturated rings. The largest absolute Gasteiger partial charge is 0.345 e. The summed E-state index contributed by atoms with van der Waals surface area (Å²) in [6.07, 6.45) is 1.66. The van der Waals surface area contributed by atoms with Gasteiger partial charge in [0, 0.05) is 30.6 Å². The van der Waals surface area contributed by atoms with Crippen molar-refractivity contribution in [1.29, 1.82) is 0 Å². The summed E-state index contributed by atoms with van der Waals surface area (Å²) in [6, 6.07) is 10.7. The Hall–Kier alpha value is -3.23. The van der Waals surface area contributed by atoms with Crippen LogP contribution in [0.2, 0.25) is 5.02 Å². The van der Waals surface area contributed by atoms with Gasteiger partial charge in [-0.3, -0.25) is 9.59 Å². The summed E-state index contributed by atoms with van der Waals surface area (Å²) in [5, 5.41) is 8.32. The van der Waals surface area contributed by atoms with E-state index in [0.717, 1.165) is 9.75 Å². The average Bonchev–Trinajstić information content (AvgIpc) is 3.40. The van der Waals surface area contributed by atoms with Crippen LogP contribution in [0.3, 0.4) is 0 Å². The maximum atomic E-state index is 13.4. The highest BCUT2D eigenvalue weighted by Crippen LogP contribution is 2.32. The highest BCUT2D eigenvalue weighted by atomic mass is 35.5. The molecule has 4 rings (SSSR count). The summed E-state index contributed by atoms with van der Waals surface area (Å²) in [6.45, 7) is 6.06. The Morgan fingerprint density at radius 1 is 1.15 bits per heavy atom. The van der Waals surface area contributed by atoms with Crippen LogP contribution < -0.4 is 5.32 Å². The molecule has 0 radical (unpaired) electrons. The molecule has 0 aliphatic heterocycles. The normalized spacial score (nSPS) is 11.2. The number of amides is 2. The highest BCUT2D eigenvalue weighted by Gasteiger charge is 2.20. The zero-order valence-corrected chi connectivity index (χ0v) is 20.6. The molecule has 0 saturated heterocycles. The van der Waals surface area contributed by atoms with Crippen molar-refractivity contribution in [3.8, 4) is 10.6 Å². The second-order valence-electron chi connectivity index (χ2n) is 8.23. The van der Waals surface area contributed by atoms with E-state index in [1.54, 1.807) is 60.6 Å². The molecule has 0 saturated carbocycles. The number of thiophene rings is 1. The molecule has 1 N–H and O–H groups in total. The van der Waals surface area contributed by atoms with Gasteiger partial charge in [0.1, 0.15) is 0 Å². The molecule has 0 bridgehead atoms. The van der Waals surface area contributed by atoms with Crippen LogP contribution in [0.4, 0.5) is 5.69 Å². The van der Waals surface area contributed by atoms with Crippen LogP contribution in [0.5, 0.6) is 0 Å². The molecule has 3 aromatic heterocycles. The maximum absolute atomic E-state index is 13.4. The Bertz CT molecular complexity index is 1370. The van der Waals surface area contributed by atoms with Gasteiger partial charge in [0.05, 0.1) is 38.4 Å². The zero-order valence-electron chi connectivity index (χ0n) is 19.0.